The lowest BCUT2D eigenvalue weighted by atomic mass is 10.2. The van der Waals surface area contributed by atoms with Crippen LogP contribution in [-0.2, 0) is 29.2 Å². The first kappa shape index (κ1) is 18.6. The third-order valence-corrected chi connectivity index (χ3v) is 4.29. The summed E-state index contributed by atoms with van der Waals surface area (Å²) >= 11 is 0. The Morgan fingerprint density at radius 3 is 2.41 bits per heavy atom. The molecule has 2 N–H and O–H groups in total. The van der Waals surface area contributed by atoms with Gasteiger partial charge in [-0.1, -0.05) is 49.4 Å². The summed E-state index contributed by atoms with van der Waals surface area (Å²) in [5.41, 5.74) is 2.74. The Hall–Kier alpha value is -3.15. The SMILES string of the molecule is CCCC(=O)NCc1nc2ccccc2n1CC(=O)NCc1ccccc1. The second-order valence-corrected chi connectivity index (χ2v) is 6.39. The van der Waals surface area contributed by atoms with Crippen LogP contribution >= 0.6 is 0 Å². The van der Waals surface area contributed by atoms with Gasteiger partial charge in [-0.05, 0) is 24.1 Å². The number of fused-ring (bicyclic) bond motifs is 1. The molecule has 0 aliphatic rings. The maximum atomic E-state index is 12.5. The Labute approximate surface area is 158 Å². The van der Waals surface area contributed by atoms with Gasteiger partial charge in [0.05, 0.1) is 17.6 Å². The van der Waals surface area contributed by atoms with Crippen molar-refractivity contribution in [3.63, 3.8) is 0 Å². The first-order chi connectivity index (χ1) is 13.2. The van der Waals surface area contributed by atoms with Crippen molar-refractivity contribution in [3.8, 4) is 0 Å². The molecule has 0 aliphatic carbocycles. The molecule has 0 aliphatic heterocycles. The molecule has 0 saturated heterocycles. The molecule has 2 amide bonds. The van der Waals surface area contributed by atoms with Crippen molar-refractivity contribution >= 4 is 22.8 Å². The number of carbonyl (C=O) groups is 2. The van der Waals surface area contributed by atoms with Crippen LogP contribution in [-0.4, -0.2) is 21.4 Å². The third kappa shape index (κ3) is 4.94. The van der Waals surface area contributed by atoms with Crippen molar-refractivity contribution in [2.75, 3.05) is 0 Å². The second kappa shape index (κ2) is 8.98. The molecule has 3 rings (SSSR count). The average molecular weight is 364 g/mol. The third-order valence-electron chi connectivity index (χ3n) is 4.29. The molecular formula is C21H24N4O2. The van der Waals surface area contributed by atoms with Gasteiger partial charge in [0.25, 0.3) is 0 Å². The van der Waals surface area contributed by atoms with E-state index in [2.05, 4.69) is 15.6 Å². The molecular weight excluding hydrogens is 340 g/mol. The van der Waals surface area contributed by atoms with Gasteiger partial charge < -0.3 is 15.2 Å². The maximum Gasteiger partial charge on any atom is 0.240 e. The molecule has 2 aromatic carbocycles. The molecule has 0 unspecified atom stereocenters. The quantitative estimate of drug-likeness (QED) is 0.645. The number of rotatable bonds is 8. The predicted molar refractivity (Wildman–Crippen MR) is 105 cm³/mol. The van der Waals surface area contributed by atoms with E-state index in [1.54, 1.807) is 0 Å². The van der Waals surface area contributed by atoms with Crippen LogP contribution in [0.15, 0.2) is 54.6 Å². The number of hydrogen-bond acceptors (Lipinski definition) is 3. The van der Waals surface area contributed by atoms with Gasteiger partial charge in [0, 0.05) is 13.0 Å². The smallest absolute Gasteiger partial charge is 0.240 e. The Morgan fingerprint density at radius 2 is 1.63 bits per heavy atom. The van der Waals surface area contributed by atoms with E-state index in [-0.39, 0.29) is 18.4 Å². The van der Waals surface area contributed by atoms with E-state index in [1.807, 2.05) is 66.1 Å². The van der Waals surface area contributed by atoms with Crippen LogP contribution in [0, 0.1) is 0 Å². The lowest BCUT2D eigenvalue weighted by Crippen LogP contribution is -2.29. The highest BCUT2D eigenvalue weighted by Gasteiger charge is 2.14. The van der Waals surface area contributed by atoms with Gasteiger partial charge in [-0.3, -0.25) is 9.59 Å². The average Bonchev–Trinajstić information content (AvgIpc) is 3.03. The van der Waals surface area contributed by atoms with Gasteiger partial charge in [-0.2, -0.15) is 0 Å². The zero-order valence-corrected chi connectivity index (χ0v) is 15.4. The zero-order chi connectivity index (χ0) is 19.1. The normalized spacial score (nSPS) is 10.7. The van der Waals surface area contributed by atoms with E-state index in [0.717, 1.165) is 23.0 Å². The first-order valence-electron chi connectivity index (χ1n) is 9.19. The summed E-state index contributed by atoms with van der Waals surface area (Å²) in [7, 11) is 0. The molecule has 0 radical (unpaired) electrons. The summed E-state index contributed by atoms with van der Waals surface area (Å²) in [5.74, 6) is 0.572. The highest BCUT2D eigenvalue weighted by molar-refractivity contribution is 5.81. The fraction of sp³-hybridized carbons (Fsp3) is 0.286. The summed E-state index contributed by atoms with van der Waals surface area (Å²) in [6, 6.07) is 17.5. The minimum atomic E-state index is -0.0943. The molecule has 140 valence electrons. The number of aromatic nitrogens is 2. The number of carbonyl (C=O) groups excluding carboxylic acids is 2. The van der Waals surface area contributed by atoms with Crippen LogP contribution in [0.1, 0.15) is 31.2 Å². The minimum absolute atomic E-state index is 0.00960. The van der Waals surface area contributed by atoms with Crippen molar-refractivity contribution in [1.29, 1.82) is 0 Å². The number of nitrogens with one attached hydrogen (secondary N) is 2. The van der Waals surface area contributed by atoms with E-state index in [1.165, 1.54) is 0 Å². The number of benzene rings is 2. The van der Waals surface area contributed by atoms with Crippen LogP contribution in [0.4, 0.5) is 0 Å². The van der Waals surface area contributed by atoms with E-state index in [9.17, 15) is 9.59 Å². The standard InChI is InChI=1S/C21H24N4O2/c1-2-8-20(26)23-14-19-24-17-11-6-7-12-18(17)25(19)15-21(27)22-13-16-9-4-3-5-10-16/h3-7,9-12H,2,8,13-15H2,1H3,(H,22,27)(H,23,26). The minimum Gasteiger partial charge on any atom is -0.350 e. The lowest BCUT2D eigenvalue weighted by molar-refractivity contribution is -0.122. The van der Waals surface area contributed by atoms with E-state index < -0.39 is 0 Å². The Morgan fingerprint density at radius 1 is 0.926 bits per heavy atom. The topological polar surface area (TPSA) is 76.0 Å². The van der Waals surface area contributed by atoms with Gasteiger partial charge in [0.1, 0.15) is 12.4 Å². The molecule has 27 heavy (non-hydrogen) atoms. The molecule has 0 saturated carbocycles. The molecule has 0 atom stereocenters. The van der Waals surface area contributed by atoms with Crippen molar-refractivity contribution in [2.45, 2.75) is 39.4 Å². The van der Waals surface area contributed by atoms with Gasteiger partial charge in [0.15, 0.2) is 0 Å². The van der Waals surface area contributed by atoms with E-state index in [4.69, 9.17) is 0 Å². The molecule has 0 fully saturated rings. The number of amides is 2. The predicted octanol–water partition coefficient (Wildman–Crippen LogP) is 2.77. The van der Waals surface area contributed by atoms with Crippen LogP contribution in [0.2, 0.25) is 0 Å². The summed E-state index contributed by atoms with van der Waals surface area (Å²) < 4.78 is 1.86. The highest BCUT2D eigenvalue weighted by Crippen LogP contribution is 2.16. The number of nitrogens with zero attached hydrogens (tertiary/aromatic N) is 2. The Bertz CT molecular complexity index is 918. The van der Waals surface area contributed by atoms with Crippen LogP contribution < -0.4 is 10.6 Å². The number of hydrogen-bond donors (Lipinski definition) is 2. The molecule has 6 nitrogen and oxygen atoms in total. The molecule has 0 bridgehead atoms. The Balaban J connectivity index is 1.72. The van der Waals surface area contributed by atoms with Gasteiger partial charge in [-0.25, -0.2) is 4.98 Å². The summed E-state index contributed by atoms with van der Waals surface area (Å²) in [6.45, 7) is 2.91. The molecule has 1 heterocycles. The van der Waals surface area contributed by atoms with Gasteiger partial charge >= 0.3 is 0 Å². The van der Waals surface area contributed by atoms with Gasteiger partial charge in [0.2, 0.25) is 11.8 Å². The summed E-state index contributed by atoms with van der Waals surface area (Å²) in [4.78, 5) is 28.9. The Kier molecular flexibility index (Phi) is 6.20. The number of para-hydroxylation sites is 2. The van der Waals surface area contributed by atoms with Crippen LogP contribution in [0.3, 0.4) is 0 Å². The monoisotopic (exact) mass is 364 g/mol. The van der Waals surface area contributed by atoms with Crippen molar-refractivity contribution in [3.05, 3.63) is 66.0 Å². The number of imidazole rings is 1. The van der Waals surface area contributed by atoms with E-state index in [0.29, 0.717) is 25.3 Å². The molecule has 1 aromatic heterocycles. The summed E-state index contributed by atoms with van der Waals surface area (Å²) in [5, 5.41) is 5.82. The lowest BCUT2D eigenvalue weighted by Gasteiger charge is -2.11. The highest BCUT2D eigenvalue weighted by atomic mass is 16.2. The molecule has 6 heteroatoms. The maximum absolute atomic E-state index is 12.5. The molecule has 3 aromatic rings. The van der Waals surface area contributed by atoms with Crippen LogP contribution in [0.25, 0.3) is 11.0 Å². The van der Waals surface area contributed by atoms with Gasteiger partial charge in [-0.15, -0.1) is 0 Å². The first-order valence-corrected chi connectivity index (χ1v) is 9.19. The second-order valence-electron chi connectivity index (χ2n) is 6.39. The molecule has 0 spiro atoms. The van der Waals surface area contributed by atoms with Crippen molar-refractivity contribution < 1.29 is 9.59 Å². The van der Waals surface area contributed by atoms with Crippen molar-refractivity contribution in [2.24, 2.45) is 0 Å². The zero-order valence-electron chi connectivity index (χ0n) is 15.4. The fourth-order valence-corrected chi connectivity index (χ4v) is 2.93. The van der Waals surface area contributed by atoms with Crippen molar-refractivity contribution in [1.82, 2.24) is 20.2 Å². The largest absolute Gasteiger partial charge is 0.350 e. The summed E-state index contributed by atoms with van der Waals surface area (Å²) in [6.07, 6.45) is 1.28. The fourth-order valence-electron chi connectivity index (χ4n) is 2.93. The van der Waals surface area contributed by atoms with Crippen LogP contribution in [0.5, 0.6) is 0 Å². The van der Waals surface area contributed by atoms with E-state index >= 15 is 0 Å².